The fraction of sp³-hybridized carbons (Fsp3) is 0.0909. The molecule has 1 aromatic heterocycles. The summed E-state index contributed by atoms with van der Waals surface area (Å²) in [6, 6.07) is 12.1. The van der Waals surface area contributed by atoms with Gasteiger partial charge in [0.25, 0.3) is 0 Å². The number of nitrogens with one attached hydrogen (secondary N) is 1. The van der Waals surface area contributed by atoms with Gasteiger partial charge in [0, 0.05) is 17.2 Å². The van der Waals surface area contributed by atoms with Crippen molar-refractivity contribution in [3.8, 4) is 22.4 Å². The topological polar surface area (TPSA) is 49.9 Å². The molecular weight excluding hydrogens is 437 g/mol. The highest BCUT2D eigenvalue weighted by molar-refractivity contribution is 7.90. The van der Waals surface area contributed by atoms with Crippen LogP contribution in [0.25, 0.3) is 33.3 Å². The predicted octanol–water partition coefficient (Wildman–Crippen LogP) is 6.20. The number of rotatable bonds is 3. The number of fused-ring (bicyclic) bond motifs is 1. The molecule has 1 heterocycles. The standard InChI is InChI=1S/C22H14F5NO2S/c1-31(29,30)14-6-7-15(16(11-14)22(25,26)27)12-5-8-19-13(9-12)10-20(28-19)21-17(23)3-2-4-18(21)24/h2-11,28H,1H3. The molecule has 0 bridgehead atoms. The first-order chi connectivity index (χ1) is 14.4. The van der Waals surface area contributed by atoms with Gasteiger partial charge in [0.2, 0.25) is 0 Å². The van der Waals surface area contributed by atoms with E-state index >= 15 is 0 Å². The van der Waals surface area contributed by atoms with Crippen LogP contribution in [0.3, 0.4) is 0 Å². The maximum atomic E-state index is 14.1. The molecule has 0 fully saturated rings. The number of H-pyrrole nitrogens is 1. The molecule has 0 aliphatic carbocycles. The lowest BCUT2D eigenvalue weighted by atomic mass is 9.98. The summed E-state index contributed by atoms with van der Waals surface area (Å²) in [4.78, 5) is 2.42. The summed E-state index contributed by atoms with van der Waals surface area (Å²) in [5.41, 5.74) is -0.769. The molecule has 160 valence electrons. The van der Waals surface area contributed by atoms with Gasteiger partial charge >= 0.3 is 6.18 Å². The van der Waals surface area contributed by atoms with Gasteiger partial charge in [-0.15, -0.1) is 0 Å². The van der Waals surface area contributed by atoms with Gasteiger partial charge in [0.05, 0.1) is 21.7 Å². The molecule has 0 radical (unpaired) electrons. The third-order valence-corrected chi connectivity index (χ3v) is 6.00. The first kappa shape index (κ1) is 21.0. The molecule has 31 heavy (non-hydrogen) atoms. The monoisotopic (exact) mass is 451 g/mol. The normalized spacial score (nSPS) is 12.5. The van der Waals surface area contributed by atoms with Crippen molar-refractivity contribution in [1.29, 1.82) is 0 Å². The van der Waals surface area contributed by atoms with Gasteiger partial charge in [-0.05, 0) is 53.6 Å². The summed E-state index contributed by atoms with van der Waals surface area (Å²) in [5, 5.41) is 0.440. The zero-order chi connectivity index (χ0) is 22.6. The molecule has 0 unspecified atom stereocenters. The molecule has 0 aliphatic rings. The minimum absolute atomic E-state index is 0.145. The van der Waals surface area contributed by atoms with Crippen LogP contribution < -0.4 is 0 Å². The largest absolute Gasteiger partial charge is 0.417 e. The number of benzene rings is 3. The van der Waals surface area contributed by atoms with Crippen molar-refractivity contribution in [2.45, 2.75) is 11.1 Å². The van der Waals surface area contributed by atoms with E-state index in [1.54, 1.807) is 0 Å². The Morgan fingerprint density at radius 2 is 1.55 bits per heavy atom. The first-order valence-electron chi connectivity index (χ1n) is 8.94. The Morgan fingerprint density at radius 1 is 0.871 bits per heavy atom. The number of sulfone groups is 1. The van der Waals surface area contributed by atoms with Gasteiger partial charge < -0.3 is 4.98 Å². The van der Waals surface area contributed by atoms with E-state index in [-0.39, 0.29) is 22.4 Å². The molecule has 0 atom stereocenters. The lowest BCUT2D eigenvalue weighted by Gasteiger charge is -2.14. The van der Waals surface area contributed by atoms with Crippen LogP contribution >= 0.6 is 0 Å². The molecule has 3 nitrogen and oxygen atoms in total. The molecule has 0 saturated carbocycles. The Labute approximate surface area is 174 Å². The molecule has 0 saturated heterocycles. The fourth-order valence-electron chi connectivity index (χ4n) is 3.43. The van der Waals surface area contributed by atoms with Gasteiger partial charge in [-0.3, -0.25) is 0 Å². The summed E-state index contributed by atoms with van der Waals surface area (Å²) < 4.78 is 92.5. The van der Waals surface area contributed by atoms with E-state index in [0.29, 0.717) is 17.0 Å². The average Bonchev–Trinajstić information content (AvgIpc) is 3.08. The molecule has 1 N–H and O–H groups in total. The molecule has 3 aromatic carbocycles. The number of aromatic amines is 1. The average molecular weight is 451 g/mol. The second-order valence-corrected chi connectivity index (χ2v) is 9.07. The number of halogens is 5. The summed E-state index contributed by atoms with van der Waals surface area (Å²) >= 11 is 0. The molecule has 4 rings (SSSR count). The van der Waals surface area contributed by atoms with E-state index in [0.717, 1.165) is 30.5 Å². The van der Waals surface area contributed by atoms with E-state index in [9.17, 15) is 30.4 Å². The SMILES string of the molecule is CS(=O)(=O)c1ccc(-c2ccc3[nH]c(-c4c(F)cccc4F)cc3c2)c(C(F)(F)F)c1. The van der Waals surface area contributed by atoms with Crippen LogP contribution in [0, 0.1) is 11.6 Å². The molecule has 9 heteroatoms. The number of hydrogen-bond acceptors (Lipinski definition) is 2. The van der Waals surface area contributed by atoms with E-state index in [1.165, 1.54) is 30.3 Å². The van der Waals surface area contributed by atoms with Gasteiger partial charge in [0.15, 0.2) is 9.84 Å². The van der Waals surface area contributed by atoms with E-state index in [2.05, 4.69) is 4.98 Å². The fourth-order valence-corrected chi connectivity index (χ4v) is 4.08. The van der Waals surface area contributed by atoms with Crippen molar-refractivity contribution >= 4 is 20.7 Å². The third-order valence-electron chi connectivity index (χ3n) is 4.89. The van der Waals surface area contributed by atoms with E-state index in [4.69, 9.17) is 0 Å². The maximum absolute atomic E-state index is 14.1. The minimum Gasteiger partial charge on any atom is -0.354 e. The summed E-state index contributed by atoms with van der Waals surface area (Å²) in [6.07, 6.45) is -3.96. The highest BCUT2D eigenvalue weighted by atomic mass is 32.2. The van der Waals surface area contributed by atoms with Gasteiger partial charge in [-0.2, -0.15) is 13.2 Å². The Morgan fingerprint density at radius 3 is 2.16 bits per heavy atom. The van der Waals surface area contributed by atoms with E-state index in [1.807, 2.05) is 0 Å². The van der Waals surface area contributed by atoms with Crippen molar-refractivity contribution in [2.24, 2.45) is 0 Å². The number of aromatic nitrogens is 1. The predicted molar refractivity (Wildman–Crippen MR) is 107 cm³/mol. The van der Waals surface area contributed by atoms with Gasteiger partial charge in [-0.25, -0.2) is 17.2 Å². The van der Waals surface area contributed by atoms with Crippen molar-refractivity contribution in [3.05, 3.63) is 77.9 Å². The molecular formula is C22H14F5NO2S. The molecule has 0 aliphatic heterocycles. The summed E-state index contributed by atoms with van der Waals surface area (Å²) in [7, 11) is -3.83. The highest BCUT2D eigenvalue weighted by Crippen LogP contribution is 2.39. The zero-order valence-electron chi connectivity index (χ0n) is 15.9. The second-order valence-electron chi connectivity index (χ2n) is 7.06. The third kappa shape index (κ3) is 3.93. The van der Waals surface area contributed by atoms with Crippen LogP contribution in [0.1, 0.15) is 5.56 Å². The smallest absolute Gasteiger partial charge is 0.354 e. The second kappa shape index (κ2) is 7.19. The number of alkyl halides is 3. The molecule has 4 aromatic rings. The molecule has 0 amide bonds. The minimum atomic E-state index is -4.79. The molecule has 0 spiro atoms. The maximum Gasteiger partial charge on any atom is 0.417 e. The quantitative estimate of drug-likeness (QED) is 0.377. The lowest BCUT2D eigenvalue weighted by molar-refractivity contribution is -0.137. The van der Waals surface area contributed by atoms with Crippen molar-refractivity contribution in [3.63, 3.8) is 0 Å². The van der Waals surface area contributed by atoms with E-state index < -0.39 is 38.1 Å². The van der Waals surface area contributed by atoms with Crippen LogP contribution in [-0.4, -0.2) is 19.7 Å². The van der Waals surface area contributed by atoms with Crippen molar-refractivity contribution in [2.75, 3.05) is 6.26 Å². The Hall–Kier alpha value is -3.20. The van der Waals surface area contributed by atoms with Crippen LogP contribution in [0.5, 0.6) is 0 Å². The van der Waals surface area contributed by atoms with Gasteiger partial charge in [0.1, 0.15) is 11.6 Å². The van der Waals surface area contributed by atoms with Crippen LogP contribution in [0.4, 0.5) is 22.0 Å². The zero-order valence-corrected chi connectivity index (χ0v) is 16.7. The summed E-state index contributed by atoms with van der Waals surface area (Å²) in [6.45, 7) is 0. The number of hydrogen-bond donors (Lipinski definition) is 1. The lowest BCUT2D eigenvalue weighted by Crippen LogP contribution is -2.09. The van der Waals surface area contributed by atoms with Crippen LogP contribution in [0.15, 0.2) is 65.6 Å². The Balaban J connectivity index is 1.88. The van der Waals surface area contributed by atoms with Crippen molar-refractivity contribution < 1.29 is 30.4 Å². The van der Waals surface area contributed by atoms with Crippen LogP contribution in [-0.2, 0) is 16.0 Å². The Bertz CT molecular complexity index is 1400. The highest BCUT2D eigenvalue weighted by Gasteiger charge is 2.34. The first-order valence-corrected chi connectivity index (χ1v) is 10.8. The Kier molecular flexibility index (Phi) is 4.88. The summed E-state index contributed by atoms with van der Waals surface area (Å²) in [5.74, 6) is -1.55. The van der Waals surface area contributed by atoms with Gasteiger partial charge in [-0.1, -0.05) is 18.2 Å². The van der Waals surface area contributed by atoms with Crippen LogP contribution in [0.2, 0.25) is 0 Å². The van der Waals surface area contributed by atoms with Crippen molar-refractivity contribution in [1.82, 2.24) is 4.98 Å².